The van der Waals surface area contributed by atoms with Gasteiger partial charge in [0.15, 0.2) is 17.3 Å². The van der Waals surface area contributed by atoms with Gasteiger partial charge in [0.05, 0.1) is 82.3 Å². The first-order chi connectivity index (χ1) is 53.8. The van der Waals surface area contributed by atoms with Gasteiger partial charge < -0.3 is 59.5 Å². The molecule has 0 bridgehead atoms. The molecule has 1 fully saturated rings. The lowest BCUT2D eigenvalue weighted by atomic mass is 9.81. The Kier molecular flexibility index (Phi) is 41.9. The zero-order valence-electron chi connectivity index (χ0n) is 67.8. The van der Waals surface area contributed by atoms with Gasteiger partial charge in [0.2, 0.25) is 5.69 Å². The lowest BCUT2D eigenvalue weighted by molar-refractivity contribution is -0.401. The number of ketones is 4. The van der Waals surface area contributed by atoms with Crippen molar-refractivity contribution in [3.05, 3.63) is 107 Å². The summed E-state index contributed by atoms with van der Waals surface area (Å²) in [5, 5.41) is 24.1. The van der Waals surface area contributed by atoms with Crippen LogP contribution in [0, 0.1) is 23.7 Å². The minimum absolute atomic E-state index is 0.0536. The summed E-state index contributed by atoms with van der Waals surface area (Å²) >= 11 is 1.32. The summed E-state index contributed by atoms with van der Waals surface area (Å²) < 4.78 is 43.4. The number of hydrogen-bond acceptors (Lipinski definition) is 19. The van der Waals surface area contributed by atoms with Gasteiger partial charge in [-0.05, 0) is 107 Å². The Bertz CT molecular complexity index is 3480. The average molecular weight is 1560 g/mol. The van der Waals surface area contributed by atoms with E-state index in [9.17, 15) is 38.7 Å². The molecular formula is C87H133N8O15S+. The van der Waals surface area contributed by atoms with Gasteiger partial charge in [-0.3, -0.25) is 24.0 Å². The molecule has 0 spiro atoms. The number of anilines is 1. The smallest absolute Gasteiger partial charge is 0.407 e. The molecule has 3 heterocycles. The number of fused-ring (bicyclic) bond motifs is 4. The number of nitrogens with two attached hydrogens (primary N) is 1. The number of nitrogens with one attached hydrogen (secondary N) is 2. The highest BCUT2D eigenvalue weighted by atomic mass is 32.2. The molecule has 3 amide bonds. The van der Waals surface area contributed by atoms with Gasteiger partial charge >= 0.3 is 18.1 Å². The van der Waals surface area contributed by atoms with E-state index in [0.29, 0.717) is 102 Å². The summed E-state index contributed by atoms with van der Waals surface area (Å²) in [6, 6.07) is 15.5. The van der Waals surface area contributed by atoms with E-state index in [2.05, 4.69) is 151 Å². The highest BCUT2D eigenvalue weighted by Gasteiger charge is 2.50. The van der Waals surface area contributed by atoms with Crippen LogP contribution in [0.3, 0.4) is 0 Å². The number of carbonyl (C=O) groups excluding carboxylic acids is 7. The molecular weight excluding hydrogens is 1430 g/mol. The van der Waals surface area contributed by atoms with E-state index in [-0.39, 0.29) is 105 Å². The summed E-state index contributed by atoms with van der Waals surface area (Å²) in [6.07, 6.45) is 35.3. The number of hydrogen-bond donors (Lipinski definition) is 4. The molecule has 3 aromatic rings. The maximum absolute atomic E-state index is 13.2. The number of unbranched alkanes of at least 4 members (excludes halogenated alkanes) is 14. The number of primary amides is 1. The van der Waals surface area contributed by atoms with Crippen molar-refractivity contribution in [2.75, 3.05) is 122 Å². The zero-order chi connectivity index (χ0) is 79.5. The minimum Gasteiger partial charge on any atom is -0.465 e. The molecule has 1 aromatic heterocycles. The molecule has 0 saturated heterocycles. The van der Waals surface area contributed by atoms with Crippen LogP contribution in [0.25, 0.3) is 0 Å². The third-order valence-corrected chi connectivity index (χ3v) is 23.1. The fraction of sp³-hybridized carbons (Fsp3) is 0.678. The van der Waals surface area contributed by atoms with Gasteiger partial charge in [0.1, 0.15) is 31.8 Å². The highest BCUT2D eigenvalue weighted by molar-refractivity contribution is 7.99. The number of aliphatic hydroxyl groups is 1. The maximum Gasteiger partial charge on any atom is 0.407 e. The van der Waals surface area contributed by atoms with E-state index in [0.717, 1.165) is 82.1 Å². The number of aryl methyl sites for hydroxylation is 2. The van der Waals surface area contributed by atoms with Gasteiger partial charge in [-0.25, -0.2) is 14.3 Å². The number of para-hydroxylation sites is 2. The molecule has 4 aliphatic rings. The average Bonchev–Trinajstić information content (AvgIpc) is 1.61. The van der Waals surface area contributed by atoms with Crippen LogP contribution in [-0.4, -0.2) is 195 Å². The van der Waals surface area contributed by atoms with Crippen molar-refractivity contribution in [2.45, 2.75) is 238 Å². The Morgan fingerprint density at radius 1 is 0.640 bits per heavy atom. The molecule has 0 radical (unpaired) electrons. The Hall–Kier alpha value is -6.93. The summed E-state index contributed by atoms with van der Waals surface area (Å²) in [5.74, 6) is 0.0971. The molecule has 7 rings (SSSR count). The van der Waals surface area contributed by atoms with Crippen molar-refractivity contribution >= 4 is 70.1 Å². The van der Waals surface area contributed by atoms with Crippen LogP contribution < -0.4 is 21.3 Å². The number of Topliss-reactive ketones (excluding diaryl/α,β-unsaturated/α-hetero) is 4. The lowest BCUT2D eigenvalue weighted by Crippen LogP contribution is -2.46. The van der Waals surface area contributed by atoms with E-state index in [4.69, 9.17) is 38.9 Å². The number of thioether (sulfide) groups is 1. The molecule has 2 aliphatic heterocycles. The second kappa shape index (κ2) is 51.0. The normalized spacial score (nSPS) is 17.6. The second-order valence-electron chi connectivity index (χ2n) is 31.2. The van der Waals surface area contributed by atoms with E-state index in [1.807, 2.05) is 4.68 Å². The fourth-order valence-corrected chi connectivity index (χ4v) is 16.5. The number of amides is 3. The van der Waals surface area contributed by atoms with E-state index < -0.39 is 36.5 Å². The number of aliphatic hydroxyl groups excluding tert-OH is 1. The molecule has 3 unspecified atom stereocenters. The van der Waals surface area contributed by atoms with Gasteiger partial charge in [-0.1, -0.05) is 164 Å². The summed E-state index contributed by atoms with van der Waals surface area (Å²) in [7, 11) is 2.15. The summed E-state index contributed by atoms with van der Waals surface area (Å²) in [6.45, 7) is 15.9. The third-order valence-electron chi connectivity index (χ3n) is 22.1. The first-order valence-electron chi connectivity index (χ1n) is 41.7. The fourth-order valence-electron chi connectivity index (χ4n) is 15.6. The molecule has 2 aliphatic carbocycles. The highest BCUT2D eigenvalue weighted by Crippen LogP contribution is 2.53. The number of alkyl carbamates (subject to hydrolysis) is 1. The number of allylic oxidation sites excluding steroid dienone is 6. The lowest BCUT2D eigenvalue weighted by Gasteiger charge is -2.27. The predicted octanol–water partition coefficient (Wildman–Crippen LogP) is 13.9. The number of esters is 1. The quantitative estimate of drug-likeness (QED) is 0.0177. The number of urea groups is 1. The molecule has 5 atom stereocenters. The summed E-state index contributed by atoms with van der Waals surface area (Å²) in [5.41, 5.74) is 14.9. The predicted molar refractivity (Wildman–Crippen MR) is 436 cm³/mol. The van der Waals surface area contributed by atoms with Crippen LogP contribution >= 0.6 is 11.8 Å². The number of aromatic nitrogens is 3. The number of ether oxygens (including phenoxy) is 7. The molecule has 23 nitrogen and oxygen atoms in total. The van der Waals surface area contributed by atoms with Gasteiger partial charge in [-0.15, -0.1) is 5.10 Å². The minimum atomic E-state index is -0.966. The number of carbonyl (C=O) groups is 7. The van der Waals surface area contributed by atoms with Crippen molar-refractivity contribution in [2.24, 2.45) is 29.4 Å². The van der Waals surface area contributed by atoms with Gasteiger partial charge in [-0.2, -0.15) is 16.3 Å². The molecule has 111 heavy (non-hydrogen) atoms. The van der Waals surface area contributed by atoms with E-state index in [1.54, 1.807) is 0 Å². The molecule has 5 N–H and O–H groups in total. The van der Waals surface area contributed by atoms with Gasteiger partial charge in [0.25, 0.3) is 0 Å². The van der Waals surface area contributed by atoms with Crippen LogP contribution in [0.1, 0.15) is 224 Å². The number of rotatable bonds is 61. The molecule has 2 aromatic carbocycles. The number of nitrogens with zero attached hydrogens (tertiary/aromatic N) is 5. The monoisotopic (exact) mass is 1560 g/mol. The van der Waals surface area contributed by atoms with E-state index >= 15 is 0 Å². The maximum atomic E-state index is 13.2. The Balaban J connectivity index is 0.627. The van der Waals surface area contributed by atoms with E-state index in [1.165, 1.54) is 110 Å². The van der Waals surface area contributed by atoms with Crippen molar-refractivity contribution in [1.82, 2.24) is 25.6 Å². The Morgan fingerprint density at radius 3 is 1.95 bits per heavy atom. The zero-order valence-corrected chi connectivity index (χ0v) is 68.6. The molecule has 1 saturated carbocycles. The van der Waals surface area contributed by atoms with Crippen LogP contribution in [0.4, 0.5) is 21.0 Å². The molecule has 24 heteroatoms. The van der Waals surface area contributed by atoms with Crippen molar-refractivity contribution in [3.8, 4) is 0 Å². The molecule has 616 valence electrons. The van der Waals surface area contributed by atoms with Crippen LogP contribution in [-0.2, 0) is 87.3 Å². The van der Waals surface area contributed by atoms with Crippen molar-refractivity contribution in [1.29, 1.82) is 0 Å². The van der Waals surface area contributed by atoms with Crippen molar-refractivity contribution < 1.29 is 76.4 Å². The number of benzene rings is 2. The van der Waals surface area contributed by atoms with Gasteiger partial charge in [0, 0.05) is 123 Å². The summed E-state index contributed by atoms with van der Waals surface area (Å²) in [4.78, 5) is 90.8. The van der Waals surface area contributed by atoms with Crippen LogP contribution in [0.2, 0.25) is 0 Å². The first-order valence-corrected chi connectivity index (χ1v) is 42.8. The van der Waals surface area contributed by atoms with Crippen molar-refractivity contribution in [3.63, 3.8) is 0 Å². The second-order valence-corrected chi connectivity index (χ2v) is 32.3. The first kappa shape index (κ1) is 91.3. The Labute approximate surface area is 665 Å². The standard InChI is InChI=1S/C87H132N8O15S/c1-7-8-9-10-11-12-13-14-15-16-17-18-24-41-83(101)109-59-60-111-65-75(90-84(88)102)80(100)61-66(62-96)79(99)38-31-51-105-54-56-107-57-58-108-63-68(98)46-49-95-78-45-43-70-69(42-44-74(78)91-92-95)71(70)64-110-85(103)89-47-52-106-55-53-104-50-30-33-67(97)32-21-20-29-48-94-77-37-28-26-35-73(77)87(4,5)82(94)40-23-19-22-39-81-86(2,3)72-34-25-27-36-76(72)93(81)6/h19,22-23,25-28,34-37,39-40,66,69-71,75,96H,7-18,20-21,24,29-33,38,41-65H2,1-6H3,(H3-,88,89,90,102,103)/p+1/t66-,69?,70?,71?,75-/m0/s1. The SMILES string of the molecule is CCCCCCCCCCCCCCCC(=O)OCCSC[C@H](NC(N)=O)C(=O)C[C@@H](CO)C(=O)CCCOCCOCCOCC(=O)CCn1nnc2c1CCC1C(CC2)C1COC(=O)NCCOCCOCCCC(=O)CCCCCN1C(=CC=CC=CC2=[N+](C)c3ccccc3C2(C)C)C(C)(C)c2ccccc21. The van der Waals surface area contributed by atoms with Crippen LogP contribution in [0.5, 0.6) is 0 Å². The third kappa shape index (κ3) is 31.8. The topological polar surface area (TPSA) is 291 Å². The largest absolute Gasteiger partial charge is 0.465 e. The Morgan fingerprint density at radius 2 is 1.25 bits per heavy atom. The van der Waals surface area contributed by atoms with Crippen LogP contribution in [0.15, 0.2) is 84.6 Å².